The Hall–Kier alpha value is -1.29. The molecule has 0 saturated carbocycles. The lowest BCUT2D eigenvalue weighted by molar-refractivity contribution is 0.104. The van der Waals surface area contributed by atoms with Crippen LogP contribution in [0.25, 0.3) is 6.08 Å². The number of anilines is 1. The highest BCUT2D eigenvalue weighted by Gasteiger charge is 2.12. The number of halogens is 2. The van der Waals surface area contributed by atoms with Gasteiger partial charge in [0.25, 0.3) is 0 Å². The van der Waals surface area contributed by atoms with Crippen LogP contribution in [0.15, 0.2) is 36.4 Å². The van der Waals surface area contributed by atoms with Crippen LogP contribution >= 0.6 is 34.5 Å². The van der Waals surface area contributed by atoms with Crippen molar-refractivity contribution in [2.75, 3.05) is 18.0 Å². The Bertz CT molecular complexity index is 715. The standard InChI is InChI=1S/C18H17Cl2NOS/c19-17-12-15(18(20)23-17)16(22)9-6-13-4-7-14(8-5-13)21-10-2-1-3-11-21/h4-9,12H,1-3,10-11H2/b9-6+. The molecule has 5 heteroatoms. The first-order valence-electron chi connectivity index (χ1n) is 7.66. The summed E-state index contributed by atoms with van der Waals surface area (Å²) >= 11 is 13.1. The van der Waals surface area contributed by atoms with E-state index in [0.717, 1.165) is 18.7 Å². The van der Waals surface area contributed by atoms with E-state index in [-0.39, 0.29) is 5.78 Å². The van der Waals surface area contributed by atoms with Crippen LogP contribution in [-0.4, -0.2) is 18.9 Å². The maximum Gasteiger partial charge on any atom is 0.188 e. The molecular formula is C18H17Cl2NOS. The number of nitrogens with zero attached hydrogens (tertiary/aromatic N) is 1. The Morgan fingerprint density at radius 1 is 1.09 bits per heavy atom. The van der Waals surface area contributed by atoms with Crippen molar-refractivity contribution in [1.82, 2.24) is 0 Å². The Morgan fingerprint density at radius 3 is 2.39 bits per heavy atom. The van der Waals surface area contributed by atoms with Gasteiger partial charge in [-0.1, -0.05) is 41.4 Å². The van der Waals surface area contributed by atoms with Crippen molar-refractivity contribution in [2.24, 2.45) is 0 Å². The lowest BCUT2D eigenvalue weighted by atomic mass is 10.1. The van der Waals surface area contributed by atoms with E-state index in [1.54, 1.807) is 12.1 Å². The van der Waals surface area contributed by atoms with E-state index in [1.807, 2.05) is 18.2 Å². The predicted octanol–water partition coefficient (Wildman–Crippen LogP) is 5.94. The van der Waals surface area contributed by atoms with Crippen molar-refractivity contribution < 1.29 is 4.79 Å². The minimum Gasteiger partial charge on any atom is -0.372 e. The lowest BCUT2D eigenvalue weighted by Gasteiger charge is -2.28. The average molecular weight is 366 g/mol. The topological polar surface area (TPSA) is 20.3 Å². The van der Waals surface area contributed by atoms with Gasteiger partial charge in [0.2, 0.25) is 0 Å². The molecule has 0 unspecified atom stereocenters. The van der Waals surface area contributed by atoms with E-state index in [2.05, 4.69) is 17.0 Å². The van der Waals surface area contributed by atoms with Gasteiger partial charge in [-0.3, -0.25) is 4.79 Å². The highest BCUT2D eigenvalue weighted by molar-refractivity contribution is 7.20. The first-order chi connectivity index (χ1) is 11.1. The number of allylic oxidation sites excluding steroid dienone is 1. The van der Waals surface area contributed by atoms with Crippen LogP contribution in [0.1, 0.15) is 35.2 Å². The fraction of sp³-hybridized carbons (Fsp3) is 0.278. The van der Waals surface area contributed by atoms with Crippen LogP contribution in [-0.2, 0) is 0 Å². The molecule has 0 aliphatic carbocycles. The van der Waals surface area contributed by atoms with Gasteiger partial charge in [-0.2, -0.15) is 0 Å². The van der Waals surface area contributed by atoms with Gasteiger partial charge in [0.1, 0.15) is 4.34 Å². The molecule has 2 aromatic rings. The van der Waals surface area contributed by atoms with E-state index >= 15 is 0 Å². The summed E-state index contributed by atoms with van der Waals surface area (Å²) in [6.07, 6.45) is 7.21. The lowest BCUT2D eigenvalue weighted by Crippen LogP contribution is -2.29. The second kappa shape index (κ2) is 7.52. The smallest absolute Gasteiger partial charge is 0.188 e. The minimum absolute atomic E-state index is 0.127. The summed E-state index contributed by atoms with van der Waals surface area (Å²) in [5.74, 6) is -0.127. The fourth-order valence-electron chi connectivity index (χ4n) is 2.72. The molecule has 23 heavy (non-hydrogen) atoms. The van der Waals surface area contributed by atoms with E-state index in [0.29, 0.717) is 14.2 Å². The van der Waals surface area contributed by atoms with Gasteiger partial charge in [0, 0.05) is 18.8 Å². The van der Waals surface area contributed by atoms with Gasteiger partial charge < -0.3 is 4.90 Å². The van der Waals surface area contributed by atoms with Gasteiger partial charge in [0.15, 0.2) is 5.78 Å². The largest absolute Gasteiger partial charge is 0.372 e. The third-order valence-electron chi connectivity index (χ3n) is 3.96. The zero-order valence-electron chi connectivity index (χ0n) is 12.6. The predicted molar refractivity (Wildman–Crippen MR) is 100 cm³/mol. The fourth-order valence-corrected chi connectivity index (χ4v) is 4.19. The van der Waals surface area contributed by atoms with Crippen LogP contribution in [0.2, 0.25) is 8.67 Å². The summed E-state index contributed by atoms with van der Waals surface area (Å²) in [6.45, 7) is 2.26. The molecule has 0 atom stereocenters. The van der Waals surface area contributed by atoms with Crippen LogP contribution in [0.4, 0.5) is 5.69 Å². The molecule has 1 aliphatic rings. The Balaban J connectivity index is 1.67. The molecular weight excluding hydrogens is 349 g/mol. The number of rotatable bonds is 4. The van der Waals surface area contributed by atoms with Gasteiger partial charge in [0.05, 0.1) is 9.90 Å². The van der Waals surface area contributed by atoms with Crippen molar-refractivity contribution in [3.8, 4) is 0 Å². The molecule has 1 aromatic carbocycles. The number of carbonyl (C=O) groups excluding carboxylic acids is 1. The molecule has 2 nitrogen and oxygen atoms in total. The zero-order valence-corrected chi connectivity index (χ0v) is 14.9. The van der Waals surface area contributed by atoms with Crippen LogP contribution in [0.3, 0.4) is 0 Å². The molecule has 0 radical (unpaired) electrons. The Morgan fingerprint density at radius 2 is 1.78 bits per heavy atom. The summed E-state index contributed by atoms with van der Waals surface area (Å²) in [6, 6.07) is 9.92. The van der Waals surface area contributed by atoms with Crippen molar-refractivity contribution in [2.45, 2.75) is 19.3 Å². The van der Waals surface area contributed by atoms with Gasteiger partial charge >= 0.3 is 0 Å². The molecule has 2 heterocycles. The van der Waals surface area contributed by atoms with E-state index in [9.17, 15) is 4.79 Å². The summed E-state index contributed by atoms with van der Waals surface area (Å²) in [5.41, 5.74) is 2.71. The highest BCUT2D eigenvalue weighted by atomic mass is 35.5. The molecule has 0 bridgehead atoms. The van der Waals surface area contributed by atoms with Crippen LogP contribution in [0.5, 0.6) is 0 Å². The number of benzene rings is 1. The molecule has 0 N–H and O–H groups in total. The van der Waals surface area contributed by atoms with E-state index in [4.69, 9.17) is 23.2 Å². The number of hydrogen-bond acceptors (Lipinski definition) is 3. The molecule has 1 aromatic heterocycles. The van der Waals surface area contributed by atoms with Gasteiger partial charge in [-0.05, 0) is 49.1 Å². The quantitative estimate of drug-likeness (QED) is 0.493. The van der Waals surface area contributed by atoms with E-state index in [1.165, 1.54) is 36.3 Å². The summed E-state index contributed by atoms with van der Waals surface area (Å²) < 4.78 is 0.961. The summed E-state index contributed by atoms with van der Waals surface area (Å²) in [5, 5.41) is 0. The zero-order chi connectivity index (χ0) is 16.2. The first kappa shape index (κ1) is 16.6. The second-order valence-electron chi connectivity index (χ2n) is 5.57. The number of piperidine rings is 1. The number of carbonyl (C=O) groups is 1. The maximum atomic E-state index is 12.1. The average Bonchev–Trinajstić information content (AvgIpc) is 2.92. The molecule has 1 aliphatic heterocycles. The van der Waals surface area contributed by atoms with Crippen LogP contribution < -0.4 is 4.90 Å². The number of ketones is 1. The molecule has 3 rings (SSSR count). The summed E-state index contributed by atoms with van der Waals surface area (Å²) in [7, 11) is 0. The molecule has 0 amide bonds. The monoisotopic (exact) mass is 365 g/mol. The SMILES string of the molecule is O=C(/C=C/c1ccc(N2CCCCC2)cc1)c1cc(Cl)sc1Cl. The number of thiophene rings is 1. The number of hydrogen-bond donors (Lipinski definition) is 0. The molecule has 120 valence electrons. The second-order valence-corrected chi connectivity index (χ2v) is 7.86. The van der Waals surface area contributed by atoms with Crippen LogP contribution in [0, 0.1) is 0 Å². The third kappa shape index (κ3) is 4.17. The van der Waals surface area contributed by atoms with E-state index < -0.39 is 0 Å². The maximum absolute atomic E-state index is 12.1. The van der Waals surface area contributed by atoms with Crippen molar-refractivity contribution >= 4 is 52.1 Å². The highest BCUT2D eigenvalue weighted by Crippen LogP contribution is 2.31. The van der Waals surface area contributed by atoms with Crippen molar-refractivity contribution in [3.63, 3.8) is 0 Å². The van der Waals surface area contributed by atoms with Gasteiger partial charge in [-0.25, -0.2) is 0 Å². The van der Waals surface area contributed by atoms with Crippen molar-refractivity contribution in [3.05, 3.63) is 56.2 Å². The normalized spacial score (nSPS) is 15.3. The van der Waals surface area contributed by atoms with Gasteiger partial charge in [-0.15, -0.1) is 11.3 Å². The van der Waals surface area contributed by atoms with Crippen molar-refractivity contribution in [1.29, 1.82) is 0 Å². The molecule has 1 fully saturated rings. The minimum atomic E-state index is -0.127. The molecule has 0 spiro atoms. The third-order valence-corrected chi connectivity index (χ3v) is 5.45. The Labute approximate surface area is 150 Å². The Kier molecular flexibility index (Phi) is 5.42. The first-order valence-corrected chi connectivity index (χ1v) is 9.23. The summed E-state index contributed by atoms with van der Waals surface area (Å²) in [4.78, 5) is 14.5. The molecule has 1 saturated heterocycles.